The van der Waals surface area contributed by atoms with E-state index in [0.29, 0.717) is 12.1 Å². The zero-order valence-electron chi connectivity index (χ0n) is 11.9. The molecule has 1 aromatic heterocycles. The molecule has 20 heavy (non-hydrogen) atoms. The van der Waals surface area contributed by atoms with Crippen molar-refractivity contribution in [2.75, 3.05) is 0 Å². The SMILES string of the molecule is CC(NC1CC=CCC1)c1cnn(-c2ccccc2)c1. The van der Waals surface area contributed by atoms with E-state index in [4.69, 9.17) is 0 Å². The molecule has 1 N–H and O–H groups in total. The molecule has 0 spiro atoms. The lowest BCUT2D eigenvalue weighted by Gasteiger charge is -2.23. The van der Waals surface area contributed by atoms with Gasteiger partial charge in [-0.2, -0.15) is 5.10 Å². The zero-order chi connectivity index (χ0) is 13.8. The Morgan fingerprint density at radius 1 is 1.25 bits per heavy atom. The molecule has 1 aliphatic rings. The van der Waals surface area contributed by atoms with E-state index in [2.05, 4.69) is 47.8 Å². The molecular formula is C17H21N3. The van der Waals surface area contributed by atoms with Crippen molar-refractivity contribution in [1.29, 1.82) is 0 Å². The third-order valence-electron chi connectivity index (χ3n) is 3.88. The van der Waals surface area contributed by atoms with E-state index in [1.165, 1.54) is 18.4 Å². The number of nitrogens with one attached hydrogen (secondary N) is 1. The van der Waals surface area contributed by atoms with E-state index in [-0.39, 0.29) is 0 Å². The van der Waals surface area contributed by atoms with Crippen molar-refractivity contribution < 1.29 is 0 Å². The van der Waals surface area contributed by atoms with Gasteiger partial charge in [-0.15, -0.1) is 0 Å². The maximum absolute atomic E-state index is 4.46. The van der Waals surface area contributed by atoms with Crippen molar-refractivity contribution in [3.8, 4) is 5.69 Å². The summed E-state index contributed by atoms with van der Waals surface area (Å²) in [6.45, 7) is 2.21. The van der Waals surface area contributed by atoms with Crippen molar-refractivity contribution in [3.63, 3.8) is 0 Å². The molecule has 1 aliphatic carbocycles. The van der Waals surface area contributed by atoms with E-state index in [0.717, 1.165) is 12.1 Å². The number of aromatic nitrogens is 2. The van der Waals surface area contributed by atoms with Gasteiger partial charge >= 0.3 is 0 Å². The predicted molar refractivity (Wildman–Crippen MR) is 81.9 cm³/mol. The molecule has 2 unspecified atom stereocenters. The summed E-state index contributed by atoms with van der Waals surface area (Å²) < 4.78 is 1.94. The smallest absolute Gasteiger partial charge is 0.0645 e. The lowest BCUT2D eigenvalue weighted by Crippen LogP contribution is -2.31. The zero-order valence-corrected chi connectivity index (χ0v) is 11.9. The molecule has 2 aromatic rings. The first-order valence-corrected chi connectivity index (χ1v) is 7.34. The summed E-state index contributed by atoms with van der Waals surface area (Å²) >= 11 is 0. The van der Waals surface area contributed by atoms with Crippen LogP contribution in [0.15, 0.2) is 54.9 Å². The van der Waals surface area contributed by atoms with Crippen LogP contribution in [-0.4, -0.2) is 15.8 Å². The van der Waals surface area contributed by atoms with Gasteiger partial charge in [0.05, 0.1) is 11.9 Å². The van der Waals surface area contributed by atoms with E-state index in [1.54, 1.807) is 0 Å². The fourth-order valence-corrected chi connectivity index (χ4v) is 2.68. The Hall–Kier alpha value is -1.87. The Bertz CT molecular complexity index is 571. The first kappa shape index (κ1) is 13.1. The lowest BCUT2D eigenvalue weighted by atomic mass is 10.0. The third kappa shape index (κ3) is 2.99. The van der Waals surface area contributed by atoms with Crippen LogP contribution < -0.4 is 5.32 Å². The fourth-order valence-electron chi connectivity index (χ4n) is 2.68. The van der Waals surface area contributed by atoms with Crippen LogP contribution in [0.25, 0.3) is 5.69 Å². The van der Waals surface area contributed by atoms with Crippen LogP contribution in [0.4, 0.5) is 0 Å². The lowest BCUT2D eigenvalue weighted by molar-refractivity contribution is 0.426. The van der Waals surface area contributed by atoms with Crippen LogP contribution in [0.2, 0.25) is 0 Å². The van der Waals surface area contributed by atoms with Gasteiger partial charge in [-0.3, -0.25) is 0 Å². The van der Waals surface area contributed by atoms with Gasteiger partial charge < -0.3 is 5.32 Å². The first-order valence-electron chi connectivity index (χ1n) is 7.34. The van der Waals surface area contributed by atoms with Gasteiger partial charge in [0.1, 0.15) is 0 Å². The highest BCUT2D eigenvalue weighted by Crippen LogP contribution is 2.18. The van der Waals surface area contributed by atoms with Crippen molar-refractivity contribution in [3.05, 3.63) is 60.4 Å². The van der Waals surface area contributed by atoms with Crippen LogP contribution in [0.1, 0.15) is 37.8 Å². The number of benzene rings is 1. The quantitative estimate of drug-likeness (QED) is 0.857. The van der Waals surface area contributed by atoms with E-state index >= 15 is 0 Å². The summed E-state index contributed by atoms with van der Waals surface area (Å²) in [6.07, 6.45) is 12.2. The summed E-state index contributed by atoms with van der Waals surface area (Å²) in [4.78, 5) is 0. The summed E-state index contributed by atoms with van der Waals surface area (Å²) in [7, 11) is 0. The molecule has 0 bridgehead atoms. The second kappa shape index (κ2) is 6.06. The highest BCUT2D eigenvalue weighted by atomic mass is 15.3. The molecule has 1 aromatic carbocycles. The molecule has 3 heteroatoms. The van der Waals surface area contributed by atoms with E-state index in [1.807, 2.05) is 29.1 Å². The number of para-hydroxylation sites is 1. The van der Waals surface area contributed by atoms with Crippen LogP contribution in [-0.2, 0) is 0 Å². The van der Waals surface area contributed by atoms with Gasteiger partial charge in [0.15, 0.2) is 0 Å². The monoisotopic (exact) mass is 267 g/mol. The molecule has 0 saturated heterocycles. The Morgan fingerprint density at radius 2 is 2.10 bits per heavy atom. The Labute approximate surface area is 120 Å². The number of hydrogen-bond donors (Lipinski definition) is 1. The van der Waals surface area contributed by atoms with Crippen LogP contribution in [0, 0.1) is 0 Å². The summed E-state index contributed by atoms with van der Waals surface area (Å²) in [5.74, 6) is 0. The van der Waals surface area contributed by atoms with Crippen molar-refractivity contribution in [2.45, 2.75) is 38.3 Å². The minimum atomic E-state index is 0.337. The average Bonchev–Trinajstić information content (AvgIpc) is 2.99. The second-order valence-corrected chi connectivity index (χ2v) is 5.42. The molecular weight excluding hydrogens is 246 g/mol. The van der Waals surface area contributed by atoms with Crippen molar-refractivity contribution in [1.82, 2.24) is 15.1 Å². The molecule has 3 nitrogen and oxygen atoms in total. The maximum Gasteiger partial charge on any atom is 0.0645 e. The van der Waals surface area contributed by atoms with Crippen LogP contribution in [0.5, 0.6) is 0 Å². The van der Waals surface area contributed by atoms with Crippen molar-refractivity contribution in [2.24, 2.45) is 0 Å². The second-order valence-electron chi connectivity index (χ2n) is 5.42. The molecule has 2 atom stereocenters. The Balaban J connectivity index is 1.68. The first-order chi connectivity index (χ1) is 9.83. The number of nitrogens with zero attached hydrogens (tertiary/aromatic N) is 2. The highest BCUT2D eigenvalue weighted by molar-refractivity contribution is 5.31. The number of allylic oxidation sites excluding steroid dienone is 1. The van der Waals surface area contributed by atoms with Gasteiger partial charge in [0, 0.05) is 23.8 Å². The number of hydrogen-bond acceptors (Lipinski definition) is 2. The minimum absolute atomic E-state index is 0.337. The van der Waals surface area contributed by atoms with Gasteiger partial charge in [0.2, 0.25) is 0 Å². The van der Waals surface area contributed by atoms with Gasteiger partial charge in [-0.25, -0.2) is 4.68 Å². The molecule has 0 fully saturated rings. The van der Waals surface area contributed by atoms with Gasteiger partial charge in [0.25, 0.3) is 0 Å². The van der Waals surface area contributed by atoms with Gasteiger partial charge in [-0.05, 0) is 38.3 Å². The molecule has 0 amide bonds. The molecule has 104 valence electrons. The Kier molecular flexibility index (Phi) is 3.97. The van der Waals surface area contributed by atoms with Crippen LogP contribution >= 0.6 is 0 Å². The Morgan fingerprint density at radius 3 is 2.85 bits per heavy atom. The minimum Gasteiger partial charge on any atom is -0.307 e. The summed E-state index contributed by atoms with van der Waals surface area (Å²) in [5.41, 5.74) is 2.34. The average molecular weight is 267 g/mol. The van der Waals surface area contributed by atoms with E-state index < -0.39 is 0 Å². The van der Waals surface area contributed by atoms with Gasteiger partial charge in [-0.1, -0.05) is 30.4 Å². The predicted octanol–water partition coefficient (Wildman–Crippen LogP) is 3.63. The van der Waals surface area contributed by atoms with Crippen molar-refractivity contribution >= 4 is 0 Å². The molecule has 0 radical (unpaired) electrons. The van der Waals surface area contributed by atoms with E-state index in [9.17, 15) is 0 Å². The third-order valence-corrected chi connectivity index (χ3v) is 3.88. The molecule has 0 aliphatic heterocycles. The van der Waals surface area contributed by atoms with Crippen LogP contribution in [0.3, 0.4) is 0 Å². The topological polar surface area (TPSA) is 29.9 Å². The summed E-state index contributed by atoms with van der Waals surface area (Å²) in [6, 6.07) is 11.2. The largest absolute Gasteiger partial charge is 0.307 e. The normalized spacial score (nSPS) is 19.9. The summed E-state index contributed by atoms with van der Waals surface area (Å²) in [5, 5.41) is 8.16. The fraction of sp³-hybridized carbons (Fsp3) is 0.353. The number of rotatable bonds is 4. The highest BCUT2D eigenvalue weighted by Gasteiger charge is 2.15. The molecule has 0 saturated carbocycles. The molecule has 3 rings (SSSR count). The standard InChI is InChI=1S/C17H21N3/c1-14(19-16-8-4-2-5-9-16)15-12-18-20(13-15)17-10-6-3-7-11-17/h2-4,6-7,10-14,16,19H,5,8-9H2,1H3. The molecule has 1 heterocycles. The maximum atomic E-state index is 4.46.